The van der Waals surface area contributed by atoms with Gasteiger partial charge in [-0.05, 0) is 79.2 Å². The number of nitrogens with zero attached hydrogens (tertiary/aromatic N) is 2. The molecule has 2 aromatic heterocycles. The van der Waals surface area contributed by atoms with Gasteiger partial charge in [0.2, 0.25) is 0 Å². The third-order valence-electron chi connectivity index (χ3n) is 8.32. The molecule has 0 saturated carbocycles. The maximum Gasteiger partial charge on any atom is 0.147 e. The zero-order chi connectivity index (χ0) is 25.5. The minimum absolute atomic E-state index is 1.01. The fourth-order valence-corrected chi connectivity index (χ4v) is 6.49. The molecule has 0 aliphatic carbocycles. The van der Waals surface area contributed by atoms with Gasteiger partial charge in [-0.2, -0.15) is 0 Å². The Balaban J connectivity index is 1.39. The van der Waals surface area contributed by atoms with Crippen LogP contribution in [0.2, 0.25) is 0 Å². The van der Waals surface area contributed by atoms with Gasteiger partial charge >= 0.3 is 0 Å². The summed E-state index contributed by atoms with van der Waals surface area (Å²) in [4.78, 5) is 5.15. The van der Waals surface area contributed by atoms with Crippen molar-refractivity contribution in [1.82, 2.24) is 9.38 Å². The lowest BCUT2D eigenvalue weighted by atomic mass is 9.95. The number of pyridine rings is 1. The van der Waals surface area contributed by atoms with Crippen molar-refractivity contribution in [3.05, 3.63) is 133 Å². The second kappa shape index (κ2) is 7.66. The highest BCUT2D eigenvalue weighted by molar-refractivity contribution is 6.23. The molecule has 0 saturated heterocycles. The number of fused-ring (bicyclic) bond motifs is 13. The third-order valence-corrected chi connectivity index (χ3v) is 8.32. The molecule has 2 heteroatoms. The molecule has 7 aromatic carbocycles. The lowest BCUT2D eigenvalue weighted by molar-refractivity contribution is 1.32. The fourth-order valence-electron chi connectivity index (χ4n) is 6.49. The molecule has 9 rings (SSSR count). The molecule has 0 fully saturated rings. The van der Waals surface area contributed by atoms with Crippen molar-refractivity contribution in [2.45, 2.75) is 0 Å². The van der Waals surface area contributed by atoms with Crippen LogP contribution in [0.25, 0.3) is 81.8 Å². The molecule has 0 radical (unpaired) electrons. The van der Waals surface area contributed by atoms with Crippen molar-refractivity contribution in [3.63, 3.8) is 0 Å². The Hall–Kier alpha value is -5.21. The van der Waals surface area contributed by atoms with Crippen LogP contribution in [0.15, 0.2) is 133 Å². The van der Waals surface area contributed by atoms with Gasteiger partial charge in [-0.15, -0.1) is 0 Å². The van der Waals surface area contributed by atoms with Crippen molar-refractivity contribution < 1.29 is 0 Å². The van der Waals surface area contributed by atoms with E-state index in [4.69, 9.17) is 4.98 Å². The largest absolute Gasteiger partial charge is 0.292 e. The van der Waals surface area contributed by atoms with Gasteiger partial charge in [-0.3, -0.25) is 4.40 Å². The van der Waals surface area contributed by atoms with Crippen LogP contribution in [0, 0.1) is 0 Å². The van der Waals surface area contributed by atoms with E-state index in [1.54, 1.807) is 0 Å². The lowest BCUT2D eigenvalue weighted by Crippen LogP contribution is -1.93. The topological polar surface area (TPSA) is 17.3 Å². The molecule has 180 valence electrons. The predicted octanol–water partition coefficient (Wildman–Crippen LogP) is 9.92. The van der Waals surface area contributed by atoms with Crippen LogP contribution in [0.5, 0.6) is 0 Å². The van der Waals surface area contributed by atoms with E-state index in [9.17, 15) is 0 Å². The van der Waals surface area contributed by atoms with E-state index in [0.717, 1.165) is 16.7 Å². The van der Waals surface area contributed by atoms with E-state index in [1.807, 2.05) is 0 Å². The molecule has 0 N–H and O–H groups in total. The Morgan fingerprint density at radius 3 is 1.97 bits per heavy atom. The van der Waals surface area contributed by atoms with Gasteiger partial charge in [0.05, 0.1) is 16.6 Å². The second-order valence-corrected chi connectivity index (χ2v) is 10.4. The summed E-state index contributed by atoms with van der Waals surface area (Å²) < 4.78 is 2.34. The maximum absolute atomic E-state index is 5.15. The number of imidazole rings is 1. The van der Waals surface area contributed by atoms with Crippen LogP contribution in [0.1, 0.15) is 0 Å². The lowest BCUT2D eigenvalue weighted by Gasteiger charge is -2.13. The number of hydrogen-bond acceptors (Lipinski definition) is 1. The van der Waals surface area contributed by atoms with Crippen molar-refractivity contribution in [2.75, 3.05) is 0 Å². The van der Waals surface area contributed by atoms with E-state index in [-0.39, 0.29) is 0 Å². The highest BCUT2D eigenvalue weighted by atomic mass is 15.0. The molecule has 0 aliphatic rings. The monoisotopic (exact) mass is 494 g/mol. The SMILES string of the molecule is c1ccc2c(c1)ccc1cc(-c3ccc4c(c3)c3ccc5ccccc5c3c3nc5ccccc5n43)ccc12. The Morgan fingerprint density at radius 2 is 1.05 bits per heavy atom. The van der Waals surface area contributed by atoms with E-state index in [2.05, 4.69) is 138 Å². The van der Waals surface area contributed by atoms with Gasteiger partial charge in [0.1, 0.15) is 5.65 Å². The molecule has 2 heterocycles. The van der Waals surface area contributed by atoms with E-state index in [1.165, 1.54) is 65.1 Å². The summed E-state index contributed by atoms with van der Waals surface area (Å²) in [6, 6.07) is 48.4. The predicted molar refractivity (Wildman–Crippen MR) is 166 cm³/mol. The molecule has 0 unspecified atom stereocenters. The minimum atomic E-state index is 1.01. The summed E-state index contributed by atoms with van der Waals surface area (Å²) in [5.74, 6) is 0. The molecule has 2 nitrogen and oxygen atoms in total. The summed E-state index contributed by atoms with van der Waals surface area (Å²) in [5, 5.41) is 11.3. The Kier molecular flexibility index (Phi) is 4.08. The molecular formula is C37H22N2. The summed E-state index contributed by atoms with van der Waals surface area (Å²) in [5.41, 5.74) is 6.79. The number of para-hydroxylation sites is 2. The number of benzene rings is 7. The van der Waals surface area contributed by atoms with E-state index in [0.29, 0.717) is 0 Å². The van der Waals surface area contributed by atoms with Crippen LogP contribution < -0.4 is 0 Å². The first-order valence-corrected chi connectivity index (χ1v) is 13.4. The van der Waals surface area contributed by atoms with Gasteiger partial charge in [-0.25, -0.2) is 4.98 Å². The smallest absolute Gasteiger partial charge is 0.147 e. The van der Waals surface area contributed by atoms with Crippen molar-refractivity contribution in [3.8, 4) is 11.1 Å². The van der Waals surface area contributed by atoms with Crippen LogP contribution >= 0.6 is 0 Å². The first kappa shape index (κ1) is 20.8. The van der Waals surface area contributed by atoms with E-state index < -0.39 is 0 Å². The van der Waals surface area contributed by atoms with Crippen molar-refractivity contribution in [1.29, 1.82) is 0 Å². The van der Waals surface area contributed by atoms with Gasteiger partial charge in [0.25, 0.3) is 0 Å². The summed E-state index contributed by atoms with van der Waals surface area (Å²) in [6.07, 6.45) is 0. The Bertz CT molecular complexity index is 2450. The van der Waals surface area contributed by atoms with Crippen LogP contribution in [0.4, 0.5) is 0 Å². The molecule has 0 atom stereocenters. The first-order valence-electron chi connectivity index (χ1n) is 13.4. The average molecular weight is 495 g/mol. The summed E-state index contributed by atoms with van der Waals surface area (Å²) >= 11 is 0. The zero-order valence-electron chi connectivity index (χ0n) is 21.1. The Labute approximate surface area is 224 Å². The zero-order valence-corrected chi connectivity index (χ0v) is 21.1. The Morgan fingerprint density at radius 1 is 0.410 bits per heavy atom. The second-order valence-electron chi connectivity index (χ2n) is 10.4. The van der Waals surface area contributed by atoms with Gasteiger partial charge in [0.15, 0.2) is 0 Å². The fraction of sp³-hybridized carbons (Fsp3) is 0. The third kappa shape index (κ3) is 2.89. The van der Waals surface area contributed by atoms with Crippen LogP contribution in [-0.4, -0.2) is 9.38 Å². The number of hydrogen-bond donors (Lipinski definition) is 0. The highest BCUT2D eigenvalue weighted by Crippen LogP contribution is 2.38. The molecular weight excluding hydrogens is 472 g/mol. The van der Waals surface area contributed by atoms with Gasteiger partial charge in [-0.1, -0.05) is 103 Å². The molecule has 0 spiro atoms. The number of rotatable bonds is 1. The summed E-state index contributed by atoms with van der Waals surface area (Å²) in [7, 11) is 0. The molecule has 9 aromatic rings. The van der Waals surface area contributed by atoms with E-state index >= 15 is 0 Å². The van der Waals surface area contributed by atoms with Gasteiger partial charge < -0.3 is 0 Å². The van der Waals surface area contributed by atoms with Crippen molar-refractivity contribution >= 4 is 70.7 Å². The first-order chi connectivity index (χ1) is 19.3. The highest BCUT2D eigenvalue weighted by Gasteiger charge is 2.16. The van der Waals surface area contributed by atoms with Crippen molar-refractivity contribution in [2.24, 2.45) is 0 Å². The summed E-state index contributed by atoms with van der Waals surface area (Å²) in [6.45, 7) is 0. The maximum atomic E-state index is 5.15. The van der Waals surface area contributed by atoms with Gasteiger partial charge in [0, 0.05) is 10.8 Å². The molecule has 39 heavy (non-hydrogen) atoms. The van der Waals surface area contributed by atoms with Crippen LogP contribution in [0.3, 0.4) is 0 Å². The normalized spacial score (nSPS) is 12.1. The average Bonchev–Trinajstić information content (AvgIpc) is 3.40. The number of aromatic nitrogens is 2. The van der Waals surface area contributed by atoms with Crippen LogP contribution in [-0.2, 0) is 0 Å². The minimum Gasteiger partial charge on any atom is -0.292 e. The standard InChI is InChI=1S/C37H22N2/c1-3-9-28-23(7-1)13-14-27-21-25(16-18-29(27)28)26-17-20-34-32(22-26)31-19-15-24-8-2-4-10-30(24)36(31)37-38-33-11-5-6-12-35(33)39(34)37/h1-22H. The molecule has 0 amide bonds. The molecule has 0 aliphatic heterocycles. The molecule has 0 bridgehead atoms. The quantitative estimate of drug-likeness (QED) is 0.208.